The minimum Gasteiger partial charge on any atom is -0.394 e. The van der Waals surface area contributed by atoms with Gasteiger partial charge in [0.1, 0.15) is 0 Å². The first kappa shape index (κ1) is 14.5. The number of nitrogens with zero attached hydrogens (tertiary/aromatic N) is 1. The van der Waals surface area contributed by atoms with Crippen LogP contribution in [-0.2, 0) is 4.79 Å². The van der Waals surface area contributed by atoms with Crippen molar-refractivity contribution in [1.82, 2.24) is 4.90 Å². The van der Waals surface area contributed by atoms with Crippen LogP contribution in [0, 0.1) is 10.8 Å². The van der Waals surface area contributed by atoms with Gasteiger partial charge in [-0.2, -0.15) is 0 Å². The van der Waals surface area contributed by atoms with Gasteiger partial charge >= 0.3 is 0 Å². The number of hydrogen-bond acceptors (Lipinski definition) is 2. The molecule has 0 bridgehead atoms. The van der Waals surface area contributed by atoms with Crippen LogP contribution in [0.1, 0.15) is 54.4 Å². The van der Waals surface area contributed by atoms with E-state index in [1.165, 1.54) is 0 Å². The Bertz CT molecular complexity index is 282. The maximum Gasteiger partial charge on any atom is 0.228 e. The molecule has 0 spiro atoms. The average molecular weight is 241 g/mol. The summed E-state index contributed by atoms with van der Waals surface area (Å²) in [5.41, 5.74) is -0.459. The Morgan fingerprint density at radius 2 is 1.71 bits per heavy atom. The third kappa shape index (κ3) is 3.44. The van der Waals surface area contributed by atoms with Gasteiger partial charge in [-0.15, -0.1) is 0 Å². The number of carbonyl (C=O) groups is 1. The first-order valence-corrected chi connectivity index (χ1v) is 6.52. The molecule has 0 aromatic carbocycles. The van der Waals surface area contributed by atoms with Gasteiger partial charge in [0.25, 0.3) is 0 Å². The average Bonchev–Trinajstić information content (AvgIpc) is 2.92. The molecule has 1 atom stereocenters. The van der Waals surface area contributed by atoms with Crippen molar-refractivity contribution in [3.05, 3.63) is 0 Å². The summed E-state index contributed by atoms with van der Waals surface area (Å²) in [5, 5.41) is 9.63. The first-order chi connectivity index (χ1) is 7.59. The van der Waals surface area contributed by atoms with Crippen LogP contribution in [0.2, 0.25) is 0 Å². The van der Waals surface area contributed by atoms with Gasteiger partial charge in [0.05, 0.1) is 12.6 Å². The Morgan fingerprint density at radius 3 is 1.94 bits per heavy atom. The summed E-state index contributed by atoms with van der Waals surface area (Å²) < 4.78 is 0. The molecule has 1 saturated carbocycles. The van der Waals surface area contributed by atoms with E-state index in [2.05, 4.69) is 20.8 Å². The Kier molecular flexibility index (Phi) is 3.92. The molecular formula is C14H27NO2. The molecule has 0 aliphatic heterocycles. The van der Waals surface area contributed by atoms with E-state index >= 15 is 0 Å². The maximum atomic E-state index is 12.5. The third-order valence-electron chi connectivity index (χ3n) is 3.32. The smallest absolute Gasteiger partial charge is 0.228 e. The monoisotopic (exact) mass is 241 g/mol. The molecule has 1 aliphatic rings. The molecule has 0 radical (unpaired) electrons. The van der Waals surface area contributed by atoms with Gasteiger partial charge < -0.3 is 10.0 Å². The minimum absolute atomic E-state index is 0.0435. The summed E-state index contributed by atoms with van der Waals surface area (Å²) in [5.74, 6) is 0.161. The lowest BCUT2D eigenvalue weighted by Gasteiger charge is -2.42. The third-order valence-corrected chi connectivity index (χ3v) is 3.32. The lowest BCUT2D eigenvalue weighted by molar-refractivity contribution is -0.146. The molecule has 1 rings (SSSR count). The van der Waals surface area contributed by atoms with Crippen LogP contribution in [-0.4, -0.2) is 34.6 Å². The van der Waals surface area contributed by atoms with Gasteiger partial charge in [-0.1, -0.05) is 41.5 Å². The molecule has 1 N–H and O–H groups in total. The maximum absolute atomic E-state index is 12.5. The fourth-order valence-corrected chi connectivity index (χ4v) is 2.08. The summed E-state index contributed by atoms with van der Waals surface area (Å²) in [6.07, 6.45) is 2.16. The van der Waals surface area contributed by atoms with E-state index in [-0.39, 0.29) is 29.4 Å². The van der Waals surface area contributed by atoms with Crippen molar-refractivity contribution in [2.75, 3.05) is 6.61 Å². The molecule has 1 fully saturated rings. The van der Waals surface area contributed by atoms with Crippen LogP contribution < -0.4 is 0 Å². The van der Waals surface area contributed by atoms with Crippen LogP contribution in [0.4, 0.5) is 0 Å². The summed E-state index contributed by atoms with van der Waals surface area (Å²) in [7, 11) is 0. The Morgan fingerprint density at radius 1 is 1.24 bits per heavy atom. The summed E-state index contributed by atoms with van der Waals surface area (Å²) in [6.45, 7) is 12.1. The van der Waals surface area contributed by atoms with E-state index < -0.39 is 0 Å². The summed E-state index contributed by atoms with van der Waals surface area (Å²) in [6, 6.07) is 0.264. The van der Waals surface area contributed by atoms with E-state index in [1.807, 2.05) is 25.7 Å². The van der Waals surface area contributed by atoms with Crippen molar-refractivity contribution in [3.63, 3.8) is 0 Å². The second kappa shape index (κ2) is 4.60. The minimum atomic E-state index is -0.374. The van der Waals surface area contributed by atoms with Crippen LogP contribution in [0.5, 0.6) is 0 Å². The lowest BCUT2D eigenvalue weighted by Crippen LogP contribution is -2.53. The highest BCUT2D eigenvalue weighted by atomic mass is 16.3. The molecule has 0 heterocycles. The molecule has 0 aromatic heterocycles. The predicted octanol–water partition coefficient (Wildman–Crippen LogP) is 2.43. The molecule has 3 nitrogen and oxygen atoms in total. The summed E-state index contributed by atoms with van der Waals surface area (Å²) >= 11 is 0. The lowest BCUT2D eigenvalue weighted by atomic mass is 9.84. The normalized spacial score (nSPS) is 19.0. The molecule has 0 saturated heterocycles. The van der Waals surface area contributed by atoms with Crippen molar-refractivity contribution >= 4 is 5.91 Å². The second-order valence-electron chi connectivity index (χ2n) is 7.26. The van der Waals surface area contributed by atoms with Crippen molar-refractivity contribution in [2.24, 2.45) is 10.8 Å². The Balaban J connectivity index is 2.96. The van der Waals surface area contributed by atoms with Crippen LogP contribution >= 0.6 is 0 Å². The molecule has 17 heavy (non-hydrogen) atoms. The van der Waals surface area contributed by atoms with Crippen LogP contribution in [0.3, 0.4) is 0 Å². The van der Waals surface area contributed by atoms with Gasteiger partial charge in [0, 0.05) is 11.5 Å². The number of hydrogen-bond donors (Lipinski definition) is 1. The number of aliphatic hydroxyl groups excluding tert-OH is 1. The zero-order valence-electron chi connectivity index (χ0n) is 12.1. The number of rotatable bonds is 3. The number of aliphatic hydroxyl groups is 1. The molecule has 3 heteroatoms. The SMILES string of the molecule is CC(C)(C)C(=O)N(C1CC1)[C@@H](CO)C(C)(C)C. The van der Waals surface area contributed by atoms with E-state index in [0.29, 0.717) is 6.04 Å². The van der Waals surface area contributed by atoms with E-state index in [1.54, 1.807) is 0 Å². The first-order valence-electron chi connectivity index (χ1n) is 6.52. The highest BCUT2D eigenvalue weighted by molar-refractivity contribution is 5.82. The quantitative estimate of drug-likeness (QED) is 0.824. The standard InChI is InChI=1S/C14H27NO2/c1-13(2,3)11(9-16)15(10-7-8-10)12(17)14(4,5)6/h10-11,16H,7-9H2,1-6H3/t11-/m0/s1. The van der Waals surface area contributed by atoms with Crippen molar-refractivity contribution in [1.29, 1.82) is 0 Å². The van der Waals surface area contributed by atoms with Crippen molar-refractivity contribution < 1.29 is 9.90 Å². The predicted molar refractivity (Wildman–Crippen MR) is 69.7 cm³/mol. The van der Waals surface area contributed by atoms with Gasteiger partial charge in [-0.3, -0.25) is 4.79 Å². The van der Waals surface area contributed by atoms with Crippen LogP contribution in [0.15, 0.2) is 0 Å². The molecular weight excluding hydrogens is 214 g/mol. The van der Waals surface area contributed by atoms with Crippen molar-refractivity contribution in [2.45, 2.75) is 66.5 Å². The zero-order valence-corrected chi connectivity index (χ0v) is 12.1. The zero-order chi connectivity index (χ0) is 13.4. The molecule has 100 valence electrons. The molecule has 1 amide bonds. The largest absolute Gasteiger partial charge is 0.394 e. The topological polar surface area (TPSA) is 40.5 Å². The highest BCUT2D eigenvalue weighted by Crippen LogP contribution is 2.37. The van der Waals surface area contributed by atoms with Gasteiger partial charge in [0.15, 0.2) is 0 Å². The Hall–Kier alpha value is -0.570. The second-order valence-corrected chi connectivity index (χ2v) is 7.26. The van der Waals surface area contributed by atoms with Crippen molar-refractivity contribution in [3.8, 4) is 0 Å². The number of carbonyl (C=O) groups excluding carboxylic acids is 1. The molecule has 1 aliphatic carbocycles. The van der Waals surface area contributed by atoms with E-state index in [9.17, 15) is 9.90 Å². The highest BCUT2D eigenvalue weighted by Gasteiger charge is 2.44. The fraction of sp³-hybridized carbons (Fsp3) is 0.929. The number of amides is 1. The summed E-state index contributed by atoms with van der Waals surface area (Å²) in [4.78, 5) is 14.5. The molecule has 0 unspecified atom stereocenters. The van der Waals surface area contributed by atoms with Crippen LogP contribution in [0.25, 0.3) is 0 Å². The van der Waals surface area contributed by atoms with Gasteiger partial charge in [-0.25, -0.2) is 0 Å². The van der Waals surface area contributed by atoms with E-state index in [0.717, 1.165) is 12.8 Å². The van der Waals surface area contributed by atoms with Gasteiger partial charge in [0.2, 0.25) is 5.91 Å². The fourth-order valence-electron chi connectivity index (χ4n) is 2.08. The van der Waals surface area contributed by atoms with E-state index in [4.69, 9.17) is 0 Å². The Labute approximate surface area is 105 Å². The van der Waals surface area contributed by atoms with Gasteiger partial charge in [-0.05, 0) is 18.3 Å². The molecule has 0 aromatic rings.